The van der Waals surface area contributed by atoms with Crippen LogP contribution in [0.3, 0.4) is 0 Å². The van der Waals surface area contributed by atoms with Crippen LogP contribution in [0.1, 0.15) is 32.3 Å². The van der Waals surface area contributed by atoms with Crippen LogP contribution in [-0.4, -0.2) is 18.4 Å². The van der Waals surface area contributed by atoms with Crippen molar-refractivity contribution >= 4 is 11.8 Å². The average molecular weight is 289 g/mol. The monoisotopic (exact) mass is 289 g/mol. The minimum atomic E-state index is -0.447. The van der Waals surface area contributed by atoms with E-state index in [2.05, 4.69) is 10.9 Å². The van der Waals surface area contributed by atoms with Gasteiger partial charge >= 0.3 is 0 Å². The summed E-state index contributed by atoms with van der Waals surface area (Å²) in [5, 5.41) is 8.65. The first-order valence-corrected chi connectivity index (χ1v) is 6.72. The van der Waals surface area contributed by atoms with E-state index in [1.54, 1.807) is 24.3 Å². The molecule has 0 atom stereocenters. The van der Waals surface area contributed by atoms with Crippen molar-refractivity contribution in [1.82, 2.24) is 10.9 Å². The molecule has 0 aliphatic carbocycles. The Morgan fingerprint density at radius 2 is 1.81 bits per heavy atom. The maximum atomic E-state index is 11.5. The van der Waals surface area contributed by atoms with Gasteiger partial charge in [-0.05, 0) is 36.6 Å². The molecule has 0 bridgehead atoms. The maximum absolute atomic E-state index is 11.5. The van der Waals surface area contributed by atoms with E-state index in [1.807, 2.05) is 19.9 Å². The Kier molecular flexibility index (Phi) is 6.75. The van der Waals surface area contributed by atoms with Crippen molar-refractivity contribution in [2.24, 2.45) is 5.92 Å². The van der Waals surface area contributed by atoms with Crippen molar-refractivity contribution in [1.29, 1.82) is 5.26 Å². The zero-order valence-corrected chi connectivity index (χ0v) is 12.2. The molecule has 21 heavy (non-hydrogen) atoms. The van der Waals surface area contributed by atoms with Crippen molar-refractivity contribution in [3.8, 4) is 11.8 Å². The van der Waals surface area contributed by atoms with Crippen LogP contribution in [0.4, 0.5) is 0 Å². The zero-order valence-electron chi connectivity index (χ0n) is 12.2. The summed E-state index contributed by atoms with van der Waals surface area (Å²) in [5.41, 5.74) is 5.13. The molecule has 0 unspecified atom stereocenters. The van der Waals surface area contributed by atoms with E-state index >= 15 is 0 Å². The molecule has 6 nitrogen and oxygen atoms in total. The fourth-order valence-electron chi connectivity index (χ4n) is 1.43. The molecule has 6 heteroatoms. The number of hydrogen-bond donors (Lipinski definition) is 2. The summed E-state index contributed by atoms with van der Waals surface area (Å²) in [6, 6.07) is 8.39. The molecule has 1 rings (SSSR count). The minimum Gasteiger partial charge on any atom is -0.484 e. The van der Waals surface area contributed by atoms with Crippen molar-refractivity contribution in [2.45, 2.75) is 26.7 Å². The van der Waals surface area contributed by atoms with Crippen LogP contribution in [0, 0.1) is 17.2 Å². The molecular formula is C15H19N3O3. The lowest BCUT2D eigenvalue weighted by molar-refractivity contribution is -0.130. The molecule has 0 aliphatic rings. The summed E-state index contributed by atoms with van der Waals surface area (Å²) in [7, 11) is 0. The van der Waals surface area contributed by atoms with E-state index in [0.717, 1.165) is 6.42 Å². The molecule has 0 aliphatic heterocycles. The molecular weight excluding hydrogens is 270 g/mol. The highest BCUT2D eigenvalue weighted by atomic mass is 16.5. The van der Waals surface area contributed by atoms with Crippen molar-refractivity contribution in [2.75, 3.05) is 6.61 Å². The Morgan fingerprint density at radius 1 is 1.19 bits per heavy atom. The third kappa shape index (κ3) is 6.97. The van der Waals surface area contributed by atoms with Gasteiger partial charge in [0.05, 0.1) is 11.6 Å². The number of nitrogens with one attached hydrogen (secondary N) is 2. The Balaban J connectivity index is 2.24. The smallest absolute Gasteiger partial charge is 0.276 e. The molecule has 1 aromatic carbocycles. The van der Waals surface area contributed by atoms with E-state index < -0.39 is 5.91 Å². The molecule has 0 radical (unpaired) electrons. The summed E-state index contributed by atoms with van der Waals surface area (Å²) in [5.74, 6) is 0.245. The maximum Gasteiger partial charge on any atom is 0.276 e. The van der Waals surface area contributed by atoms with Crippen molar-refractivity contribution in [3.05, 3.63) is 29.8 Å². The highest BCUT2D eigenvalue weighted by Gasteiger charge is 2.06. The molecule has 0 fully saturated rings. The van der Waals surface area contributed by atoms with Crippen LogP contribution in [0.2, 0.25) is 0 Å². The zero-order chi connectivity index (χ0) is 15.7. The highest BCUT2D eigenvalue weighted by molar-refractivity contribution is 5.82. The summed E-state index contributed by atoms with van der Waals surface area (Å²) in [6.45, 7) is 3.84. The fraction of sp³-hybridized carbons (Fsp3) is 0.400. The van der Waals surface area contributed by atoms with Gasteiger partial charge < -0.3 is 4.74 Å². The van der Waals surface area contributed by atoms with Gasteiger partial charge in [-0.3, -0.25) is 20.4 Å². The number of hydrazine groups is 1. The van der Waals surface area contributed by atoms with Gasteiger partial charge in [0.1, 0.15) is 5.75 Å². The predicted molar refractivity (Wildman–Crippen MR) is 77.0 cm³/mol. The lowest BCUT2D eigenvalue weighted by atomic mass is 10.1. The van der Waals surface area contributed by atoms with Gasteiger partial charge in [0.25, 0.3) is 5.91 Å². The number of nitrogens with zero attached hydrogens (tertiary/aromatic N) is 1. The Morgan fingerprint density at radius 3 is 2.38 bits per heavy atom. The molecule has 2 amide bonds. The normalized spacial score (nSPS) is 9.81. The molecule has 0 aromatic heterocycles. The molecule has 2 N–H and O–H groups in total. The van der Waals surface area contributed by atoms with Crippen LogP contribution in [0.5, 0.6) is 5.75 Å². The lowest BCUT2D eigenvalue weighted by Gasteiger charge is -2.09. The molecule has 0 heterocycles. The van der Waals surface area contributed by atoms with Gasteiger partial charge in [-0.2, -0.15) is 5.26 Å². The molecule has 0 spiro atoms. The van der Waals surface area contributed by atoms with E-state index in [1.165, 1.54) is 0 Å². The van der Waals surface area contributed by atoms with Crippen LogP contribution >= 0.6 is 0 Å². The fourth-order valence-corrected chi connectivity index (χ4v) is 1.43. The second-order valence-electron chi connectivity index (χ2n) is 4.95. The number of nitriles is 1. The molecule has 0 saturated carbocycles. The van der Waals surface area contributed by atoms with Crippen LogP contribution in [0.15, 0.2) is 24.3 Å². The summed E-state index contributed by atoms with van der Waals surface area (Å²) in [6.07, 6.45) is 1.14. The number of hydrogen-bond acceptors (Lipinski definition) is 4. The number of amides is 2. The number of benzene rings is 1. The Labute approximate surface area is 124 Å². The van der Waals surface area contributed by atoms with E-state index in [-0.39, 0.29) is 12.5 Å². The van der Waals surface area contributed by atoms with Crippen LogP contribution in [-0.2, 0) is 9.59 Å². The van der Waals surface area contributed by atoms with Gasteiger partial charge in [0.2, 0.25) is 5.91 Å². The summed E-state index contributed by atoms with van der Waals surface area (Å²) in [4.78, 5) is 22.9. The SMILES string of the molecule is CC(C)CCC(=O)NNC(=O)COc1ccc(C#N)cc1. The van der Waals surface area contributed by atoms with Gasteiger partial charge in [-0.25, -0.2) is 0 Å². The largest absolute Gasteiger partial charge is 0.484 e. The first-order chi connectivity index (χ1) is 10.0. The molecule has 0 saturated heterocycles. The number of ether oxygens (including phenoxy) is 1. The first kappa shape index (κ1) is 16.5. The summed E-state index contributed by atoms with van der Waals surface area (Å²) < 4.78 is 5.23. The predicted octanol–water partition coefficient (Wildman–Crippen LogP) is 1.52. The highest BCUT2D eigenvalue weighted by Crippen LogP contribution is 2.11. The van der Waals surface area contributed by atoms with Gasteiger partial charge in [-0.1, -0.05) is 13.8 Å². The van der Waals surface area contributed by atoms with E-state index in [0.29, 0.717) is 23.7 Å². The number of carbonyl (C=O) groups excluding carboxylic acids is 2. The third-order valence-corrected chi connectivity index (χ3v) is 2.64. The standard InChI is InChI=1S/C15H19N3O3/c1-11(2)3-8-14(19)17-18-15(20)10-21-13-6-4-12(9-16)5-7-13/h4-7,11H,3,8,10H2,1-2H3,(H,17,19)(H,18,20). The van der Waals surface area contributed by atoms with Gasteiger partial charge in [-0.15, -0.1) is 0 Å². The minimum absolute atomic E-state index is 0.212. The van der Waals surface area contributed by atoms with Crippen molar-refractivity contribution in [3.63, 3.8) is 0 Å². The van der Waals surface area contributed by atoms with Crippen LogP contribution in [0.25, 0.3) is 0 Å². The second kappa shape index (κ2) is 8.59. The summed E-state index contributed by atoms with van der Waals surface area (Å²) >= 11 is 0. The lowest BCUT2D eigenvalue weighted by Crippen LogP contribution is -2.43. The quantitative estimate of drug-likeness (QED) is 0.777. The Hall–Kier alpha value is -2.55. The molecule has 112 valence electrons. The number of carbonyl (C=O) groups is 2. The first-order valence-electron chi connectivity index (χ1n) is 6.72. The second-order valence-corrected chi connectivity index (χ2v) is 4.95. The van der Waals surface area contributed by atoms with Crippen molar-refractivity contribution < 1.29 is 14.3 Å². The Bertz CT molecular complexity index is 518. The third-order valence-electron chi connectivity index (χ3n) is 2.64. The van der Waals surface area contributed by atoms with Gasteiger partial charge in [0.15, 0.2) is 6.61 Å². The topological polar surface area (TPSA) is 91.2 Å². The van der Waals surface area contributed by atoms with E-state index in [9.17, 15) is 9.59 Å². The average Bonchev–Trinajstić information content (AvgIpc) is 2.49. The molecule has 1 aromatic rings. The van der Waals surface area contributed by atoms with E-state index in [4.69, 9.17) is 10.00 Å². The van der Waals surface area contributed by atoms with Gasteiger partial charge in [0, 0.05) is 6.42 Å². The number of rotatable bonds is 6. The van der Waals surface area contributed by atoms with Crippen LogP contribution < -0.4 is 15.6 Å².